The summed E-state index contributed by atoms with van der Waals surface area (Å²) in [4.78, 5) is 13.7. The summed E-state index contributed by atoms with van der Waals surface area (Å²) in [5.41, 5.74) is 0. The zero-order chi connectivity index (χ0) is 16.0. The van der Waals surface area contributed by atoms with Gasteiger partial charge >= 0.3 is 6.09 Å². The van der Waals surface area contributed by atoms with Crippen molar-refractivity contribution in [2.24, 2.45) is 0 Å². The molecule has 1 amide bonds. The summed E-state index contributed by atoms with van der Waals surface area (Å²) in [7, 11) is -3.10. The van der Waals surface area contributed by atoms with Crippen LogP contribution in [-0.2, 0) is 10.0 Å². The Kier molecular flexibility index (Phi) is 5.76. The maximum absolute atomic E-state index is 11.6. The maximum Gasteiger partial charge on any atom is 0.412 e. The molecule has 1 saturated heterocycles. The standard InChI is InChI=1S/C14H21N3O4S/c1-22(19,20)17-11-9-16(10-12-17)8-7-15-14(18)21-13-5-3-2-4-6-13/h2-6H,7-12H2,1H3,(H,15,18). The van der Waals surface area contributed by atoms with Gasteiger partial charge in [0.2, 0.25) is 10.0 Å². The first-order valence-corrected chi connectivity index (χ1v) is 8.98. The highest BCUT2D eigenvalue weighted by molar-refractivity contribution is 7.88. The molecule has 0 unspecified atom stereocenters. The van der Waals surface area contributed by atoms with Gasteiger partial charge in [0.1, 0.15) is 5.75 Å². The van der Waals surface area contributed by atoms with Crippen LogP contribution in [0.15, 0.2) is 30.3 Å². The van der Waals surface area contributed by atoms with Crippen LogP contribution in [0, 0.1) is 0 Å². The first-order chi connectivity index (χ1) is 10.4. The Balaban J connectivity index is 1.64. The molecule has 1 aromatic rings. The minimum absolute atomic E-state index is 0.463. The average Bonchev–Trinajstić information content (AvgIpc) is 2.48. The second-order valence-electron chi connectivity index (χ2n) is 5.13. The zero-order valence-electron chi connectivity index (χ0n) is 12.6. The number of carbonyl (C=O) groups is 1. The van der Waals surface area contributed by atoms with E-state index in [1.165, 1.54) is 10.6 Å². The fourth-order valence-corrected chi connectivity index (χ4v) is 3.06. The van der Waals surface area contributed by atoms with Gasteiger partial charge in [-0.05, 0) is 12.1 Å². The van der Waals surface area contributed by atoms with Gasteiger partial charge in [-0.15, -0.1) is 0 Å². The van der Waals surface area contributed by atoms with Gasteiger partial charge in [-0.25, -0.2) is 13.2 Å². The van der Waals surface area contributed by atoms with Crippen LogP contribution in [0.3, 0.4) is 0 Å². The van der Waals surface area contributed by atoms with E-state index in [0.717, 1.165) is 0 Å². The smallest absolute Gasteiger partial charge is 0.410 e. The van der Waals surface area contributed by atoms with E-state index in [1.54, 1.807) is 24.3 Å². The largest absolute Gasteiger partial charge is 0.412 e. The molecule has 0 atom stereocenters. The number of ether oxygens (including phenoxy) is 1. The second kappa shape index (κ2) is 7.57. The number of rotatable bonds is 5. The van der Waals surface area contributed by atoms with Crippen LogP contribution >= 0.6 is 0 Å². The van der Waals surface area contributed by atoms with Gasteiger partial charge in [-0.1, -0.05) is 18.2 Å². The van der Waals surface area contributed by atoms with E-state index in [0.29, 0.717) is 45.0 Å². The van der Waals surface area contributed by atoms with Crippen molar-refractivity contribution in [3.05, 3.63) is 30.3 Å². The molecule has 0 saturated carbocycles. The SMILES string of the molecule is CS(=O)(=O)N1CCN(CCNC(=O)Oc2ccccc2)CC1. The van der Waals surface area contributed by atoms with Crippen molar-refractivity contribution in [2.75, 3.05) is 45.5 Å². The highest BCUT2D eigenvalue weighted by Gasteiger charge is 2.22. The number of hydrogen-bond donors (Lipinski definition) is 1. The molecule has 8 heteroatoms. The molecular weight excluding hydrogens is 306 g/mol. The number of hydrogen-bond acceptors (Lipinski definition) is 5. The van der Waals surface area contributed by atoms with Crippen molar-refractivity contribution < 1.29 is 17.9 Å². The van der Waals surface area contributed by atoms with E-state index in [1.807, 2.05) is 6.07 Å². The lowest BCUT2D eigenvalue weighted by atomic mass is 10.3. The third kappa shape index (κ3) is 5.28. The summed E-state index contributed by atoms with van der Waals surface area (Å²) in [6, 6.07) is 8.86. The van der Waals surface area contributed by atoms with E-state index in [9.17, 15) is 13.2 Å². The van der Waals surface area contributed by atoms with Crippen molar-refractivity contribution in [1.82, 2.24) is 14.5 Å². The molecule has 1 aromatic carbocycles. The summed E-state index contributed by atoms with van der Waals surface area (Å²) in [5, 5.41) is 2.69. The fraction of sp³-hybridized carbons (Fsp3) is 0.500. The first kappa shape index (κ1) is 16.7. The fourth-order valence-electron chi connectivity index (χ4n) is 2.23. The predicted molar refractivity (Wildman–Crippen MR) is 83.3 cm³/mol. The third-order valence-electron chi connectivity index (χ3n) is 3.45. The quantitative estimate of drug-likeness (QED) is 0.844. The van der Waals surface area contributed by atoms with E-state index in [-0.39, 0.29) is 0 Å². The van der Waals surface area contributed by atoms with Crippen LogP contribution < -0.4 is 10.1 Å². The lowest BCUT2D eigenvalue weighted by Gasteiger charge is -2.33. The Morgan fingerprint density at radius 1 is 1.18 bits per heavy atom. The number of para-hydroxylation sites is 1. The van der Waals surface area contributed by atoms with Crippen molar-refractivity contribution in [1.29, 1.82) is 0 Å². The average molecular weight is 327 g/mol. The Morgan fingerprint density at radius 3 is 2.41 bits per heavy atom. The number of sulfonamides is 1. The normalized spacial score (nSPS) is 17.1. The molecular formula is C14H21N3O4S. The Hall–Kier alpha value is -1.64. The predicted octanol–water partition coefficient (Wildman–Crippen LogP) is 0.352. The molecule has 0 spiro atoms. The summed E-state index contributed by atoms with van der Waals surface area (Å²) >= 11 is 0. The van der Waals surface area contributed by atoms with Crippen molar-refractivity contribution in [2.45, 2.75) is 0 Å². The molecule has 2 rings (SSSR count). The van der Waals surface area contributed by atoms with E-state index in [2.05, 4.69) is 10.2 Å². The number of nitrogens with one attached hydrogen (secondary N) is 1. The number of benzene rings is 1. The van der Waals surface area contributed by atoms with Crippen LogP contribution in [0.25, 0.3) is 0 Å². The molecule has 1 aliphatic rings. The Morgan fingerprint density at radius 2 is 1.82 bits per heavy atom. The van der Waals surface area contributed by atoms with Gasteiger partial charge in [0.25, 0.3) is 0 Å². The molecule has 7 nitrogen and oxygen atoms in total. The number of piperazine rings is 1. The van der Waals surface area contributed by atoms with Gasteiger partial charge < -0.3 is 10.1 Å². The van der Waals surface area contributed by atoms with Crippen LogP contribution in [0.4, 0.5) is 4.79 Å². The lowest BCUT2D eigenvalue weighted by molar-refractivity contribution is 0.180. The summed E-state index contributed by atoms with van der Waals surface area (Å²) in [6.07, 6.45) is 0.741. The molecule has 0 bridgehead atoms. The molecule has 0 radical (unpaired) electrons. The zero-order valence-corrected chi connectivity index (χ0v) is 13.4. The second-order valence-corrected chi connectivity index (χ2v) is 7.12. The molecule has 0 aromatic heterocycles. The molecule has 1 N–H and O–H groups in total. The molecule has 22 heavy (non-hydrogen) atoms. The van der Waals surface area contributed by atoms with Crippen LogP contribution in [0.2, 0.25) is 0 Å². The number of carbonyl (C=O) groups excluding carboxylic acids is 1. The Bertz CT molecular complexity index is 583. The maximum atomic E-state index is 11.6. The van der Waals surface area contributed by atoms with Crippen molar-refractivity contribution >= 4 is 16.1 Å². The first-order valence-electron chi connectivity index (χ1n) is 7.13. The van der Waals surface area contributed by atoms with Gasteiger partial charge in [0, 0.05) is 39.3 Å². The van der Waals surface area contributed by atoms with Gasteiger partial charge in [0.15, 0.2) is 0 Å². The molecule has 1 aliphatic heterocycles. The van der Waals surface area contributed by atoms with Crippen LogP contribution in [0.1, 0.15) is 0 Å². The van der Waals surface area contributed by atoms with Crippen molar-refractivity contribution in [3.63, 3.8) is 0 Å². The summed E-state index contributed by atoms with van der Waals surface area (Å²) in [5.74, 6) is 0.502. The third-order valence-corrected chi connectivity index (χ3v) is 4.75. The van der Waals surface area contributed by atoms with Crippen LogP contribution in [-0.4, -0.2) is 69.2 Å². The van der Waals surface area contributed by atoms with Gasteiger partial charge in [-0.2, -0.15) is 4.31 Å². The number of amides is 1. The lowest BCUT2D eigenvalue weighted by Crippen LogP contribution is -2.50. The minimum Gasteiger partial charge on any atom is -0.410 e. The Labute approximate surface area is 130 Å². The molecule has 1 heterocycles. The van der Waals surface area contributed by atoms with Crippen molar-refractivity contribution in [3.8, 4) is 5.75 Å². The van der Waals surface area contributed by atoms with Crippen LogP contribution in [0.5, 0.6) is 5.75 Å². The number of nitrogens with zero attached hydrogens (tertiary/aromatic N) is 2. The molecule has 0 aliphatic carbocycles. The van der Waals surface area contributed by atoms with E-state index in [4.69, 9.17) is 4.74 Å². The van der Waals surface area contributed by atoms with E-state index < -0.39 is 16.1 Å². The summed E-state index contributed by atoms with van der Waals surface area (Å²) in [6.45, 7) is 3.46. The topological polar surface area (TPSA) is 79.0 Å². The summed E-state index contributed by atoms with van der Waals surface area (Å²) < 4.78 is 29.4. The monoisotopic (exact) mass is 327 g/mol. The highest BCUT2D eigenvalue weighted by Crippen LogP contribution is 2.08. The van der Waals surface area contributed by atoms with Gasteiger partial charge in [-0.3, -0.25) is 4.90 Å². The molecule has 1 fully saturated rings. The minimum atomic E-state index is -3.10. The molecule has 122 valence electrons. The van der Waals surface area contributed by atoms with E-state index >= 15 is 0 Å². The van der Waals surface area contributed by atoms with Gasteiger partial charge in [0.05, 0.1) is 6.26 Å². The highest BCUT2D eigenvalue weighted by atomic mass is 32.2.